The van der Waals surface area contributed by atoms with Gasteiger partial charge in [-0.15, -0.1) is 0 Å². The van der Waals surface area contributed by atoms with E-state index < -0.39 is 7.82 Å². The maximum absolute atomic E-state index is 13.2. The third-order valence-corrected chi connectivity index (χ3v) is 9.38. The molecule has 0 heterocycles. The molecule has 0 aliphatic heterocycles. The standard InChI is InChI=1S/C30H27Br4O4P/c1-17(2)21-9-5-7-11-23(21)19-13-25(31)29(26(32)14-19)37-39(35,36)38-30-27(33)15-20(16-28(30)34)24-12-8-6-10-22(24)18(3)4/h5-18H,1-4H3,(H,35,36). The maximum Gasteiger partial charge on any atom is 0.585 e. The van der Waals surface area contributed by atoms with Crippen LogP contribution in [0.15, 0.2) is 90.7 Å². The van der Waals surface area contributed by atoms with Crippen LogP contribution in [-0.4, -0.2) is 4.89 Å². The summed E-state index contributed by atoms with van der Waals surface area (Å²) in [5.74, 6) is 1.01. The summed E-state index contributed by atoms with van der Waals surface area (Å²) in [4.78, 5) is 10.8. The summed E-state index contributed by atoms with van der Waals surface area (Å²) in [6, 6.07) is 23.8. The Labute approximate surface area is 263 Å². The molecule has 0 aliphatic carbocycles. The first-order chi connectivity index (χ1) is 18.4. The minimum Gasteiger partial charge on any atom is -0.393 e. The third kappa shape index (κ3) is 7.09. The van der Waals surface area contributed by atoms with Gasteiger partial charge in [0.25, 0.3) is 0 Å². The molecule has 4 rings (SSSR count). The highest BCUT2D eigenvalue weighted by Crippen LogP contribution is 2.53. The molecule has 0 fully saturated rings. The van der Waals surface area contributed by atoms with E-state index in [0.717, 1.165) is 22.3 Å². The van der Waals surface area contributed by atoms with Gasteiger partial charge in [0.15, 0.2) is 11.5 Å². The van der Waals surface area contributed by atoms with Crippen molar-refractivity contribution in [1.82, 2.24) is 0 Å². The fourth-order valence-corrected chi connectivity index (χ4v) is 8.47. The lowest BCUT2D eigenvalue weighted by Gasteiger charge is -2.20. The van der Waals surface area contributed by atoms with Gasteiger partial charge in [0, 0.05) is 0 Å². The molecule has 0 aliphatic rings. The number of halogens is 4. The summed E-state index contributed by atoms with van der Waals surface area (Å²) in [6.45, 7) is 8.58. The lowest BCUT2D eigenvalue weighted by molar-refractivity contribution is 0.288. The fourth-order valence-electron chi connectivity index (χ4n) is 4.38. The molecular weight excluding hydrogens is 775 g/mol. The Kier molecular flexibility index (Phi) is 9.89. The van der Waals surface area contributed by atoms with Crippen LogP contribution in [-0.2, 0) is 4.57 Å². The van der Waals surface area contributed by atoms with E-state index >= 15 is 0 Å². The van der Waals surface area contributed by atoms with Crippen LogP contribution in [0.4, 0.5) is 0 Å². The van der Waals surface area contributed by atoms with E-state index in [9.17, 15) is 9.46 Å². The number of hydrogen-bond acceptors (Lipinski definition) is 3. The molecule has 0 saturated heterocycles. The lowest BCUT2D eigenvalue weighted by Crippen LogP contribution is -2.02. The Bertz CT molecular complexity index is 1410. The van der Waals surface area contributed by atoms with Gasteiger partial charge in [-0.25, -0.2) is 4.57 Å². The van der Waals surface area contributed by atoms with Crippen molar-refractivity contribution in [2.45, 2.75) is 39.5 Å². The zero-order valence-electron chi connectivity index (χ0n) is 21.7. The summed E-state index contributed by atoms with van der Waals surface area (Å²) in [6.07, 6.45) is 0. The molecule has 0 unspecified atom stereocenters. The second-order valence-corrected chi connectivity index (χ2v) is 14.4. The summed E-state index contributed by atoms with van der Waals surface area (Å²) >= 11 is 14.1. The number of phosphoric ester groups is 1. The van der Waals surface area contributed by atoms with E-state index in [1.165, 1.54) is 11.1 Å². The number of phosphoric acid groups is 1. The minimum atomic E-state index is -4.59. The van der Waals surface area contributed by atoms with E-state index in [1.54, 1.807) is 0 Å². The van der Waals surface area contributed by atoms with Gasteiger partial charge in [0.05, 0.1) is 17.9 Å². The molecule has 0 aromatic heterocycles. The first-order valence-electron chi connectivity index (χ1n) is 12.3. The SMILES string of the molecule is CC(C)c1ccccc1-c1cc(Br)c(OP(=O)(O)Oc2c(Br)cc(-c3ccccc3C(C)C)cc2Br)c(Br)c1. The molecule has 4 aromatic rings. The Morgan fingerprint density at radius 2 is 0.923 bits per heavy atom. The molecule has 1 N–H and O–H groups in total. The zero-order chi connectivity index (χ0) is 28.5. The predicted molar refractivity (Wildman–Crippen MR) is 174 cm³/mol. The first-order valence-corrected chi connectivity index (χ1v) is 16.9. The molecule has 0 amide bonds. The Morgan fingerprint density at radius 1 is 0.615 bits per heavy atom. The normalized spacial score (nSPS) is 11.8. The van der Waals surface area contributed by atoms with Crippen molar-refractivity contribution in [3.63, 3.8) is 0 Å². The van der Waals surface area contributed by atoms with Crippen molar-refractivity contribution < 1.29 is 18.5 Å². The highest BCUT2D eigenvalue weighted by atomic mass is 79.9. The van der Waals surface area contributed by atoms with Gasteiger partial charge >= 0.3 is 7.82 Å². The molecule has 0 spiro atoms. The van der Waals surface area contributed by atoms with Crippen molar-refractivity contribution >= 4 is 71.5 Å². The van der Waals surface area contributed by atoms with E-state index in [4.69, 9.17) is 9.05 Å². The van der Waals surface area contributed by atoms with Crippen LogP contribution >= 0.6 is 71.5 Å². The van der Waals surface area contributed by atoms with Gasteiger partial charge in [0.1, 0.15) is 0 Å². The predicted octanol–water partition coefficient (Wildman–Crippen LogP) is 11.9. The molecule has 0 saturated carbocycles. The summed E-state index contributed by atoms with van der Waals surface area (Å²) in [7, 11) is -4.59. The minimum absolute atomic E-state index is 0.168. The highest BCUT2D eigenvalue weighted by Gasteiger charge is 2.30. The van der Waals surface area contributed by atoms with Crippen molar-refractivity contribution in [1.29, 1.82) is 0 Å². The van der Waals surface area contributed by atoms with Crippen molar-refractivity contribution in [2.24, 2.45) is 0 Å². The smallest absolute Gasteiger partial charge is 0.393 e. The fraction of sp³-hybridized carbons (Fsp3) is 0.200. The second kappa shape index (κ2) is 12.6. The van der Waals surface area contributed by atoms with E-state index in [1.807, 2.05) is 48.5 Å². The van der Waals surface area contributed by atoms with Crippen molar-refractivity contribution in [3.05, 3.63) is 102 Å². The summed E-state index contributed by atoms with van der Waals surface area (Å²) < 4.78 is 26.4. The van der Waals surface area contributed by atoms with E-state index in [2.05, 4.69) is 116 Å². The van der Waals surface area contributed by atoms with Gasteiger partial charge in [-0.2, -0.15) is 0 Å². The second-order valence-electron chi connectivity index (χ2n) is 9.67. The molecule has 4 nitrogen and oxygen atoms in total. The molecule has 9 heteroatoms. The topological polar surface area (TPSA) is 55.8 Å². The lowest BCUT2D eigenvalue weighted by atomic mass is 9.93. The average Bonchev–Trinajstić information content (AvgIpc) is 2.88. The number of rotatable bonds is 8. The van der Waals surface area contributed by atoms with Crippen LogP contribution in [0.3, 0.4) is 0 Å². The van der Waals surface area contributed by atoms with Crippen LogP contribution in [0.5, 0.6) is 11.5 Å². The summed E-state index contributed by atoms with van der Waals surface area (Å²) in [5, 5.41) is 0. The van der Waals surface area contributed by atoms with Crippen LogP contribution in [0.25, 0.3) is 22.3 Å². The van der Waals surface area contributed by atoms with Gasteiger partial charge in [-0.3, -0.25) is 4.89 Å². The molecule has 4 aromatic carbocycles. The molecule has 0 bridgehead atoms. The largest absolute Gasteiger partial charge is 0.585 e. The number of benzene rings is 4. The van der Waals surface area contributed by atoms with Crippen LogP contribution in [0.2, 0.25) is 0 Å². The van der Waals surface area contributed by atoms with Crippen molar-refractivity contribution in [3.8, 4) is 33.8 Å². The van der Waals surface area contributed by atoms with Crippen LogP contribution < -0.4 is 9.05 Å². The monoisotopic (exact) mass is 798 g/mol. The van der Waals surface area contributed by atoms with Gasteiger partial charge in [-0.05, 0) is 133 Å². The van der Waals surface area contributed by atoms with Crippen molar-refractivity contribution in [2.75, 3.05) is 0 Å². The molecule has 0 atom stereocenters. The van der Waals surface area contributed by atoms with Gasteiger partial charge in [0.2, 0.25) is 0 Å². The Hall–Kier alpha value is -1.41. The Balaban J connectivity index is 1.63. The van der Waals surface area contributed by atoms with E-state index in [-0.39, 0.29) is 11.5 Å². The molecule has 0 radical (unpaired) electrons. The third-order valence-electron chi connectivity index (χ3n) is 6.20. The first kappa shape index (κ1) is 30.5. The van der Waals surface area contributed by atoms with Crippen LogP contribution in [0.1, 0.15) is 50.7 Å². The van der Waals surface area contributed by atoms with Crippen LogP contribution in [0, 0.1) is 0 Å². The quantitative estimate of drug-likeness (QED) is 0.180. The highest BCUT2D eigenvalue weighted by molar-refractivity contribution is 9.11. The van der Waals surface area contributed by atoms with Gasteiger partial charge in [-0.1, -0.05) is 76.2 Å². The Morgan fingerprint density at radius 3 is 1.23 bits per heavy atom. The number of hydrogen-bond donors (Lipinski definition) is 1. The zero-order valence-corrected chi connectivity index (χ0v) is 29.0. The van der Waals surface area contributed by atoms with Gasteiger partial charge < -0.3 is 9.05 Å². The maximum atomic E-state index is 13.2. The molecule has 39 heavy (non-hydrogen) atoms. The molecule has 204 valence electrons. The molecular formula is C30H27Br4O4P. The summed E-state index contributed by atoms with van der Waals surface area (Å²) in [5.41, 5.74) is 6.46. The average molecular weight is 802 g/mol. The van der Waals surface area contributed by atoms with E-state index in [0.29, 0.717) is 29.7 Å².